The zero-order chi connectivity index (χ0) is 13.1. The molecule has 1 fully saturated rings. The van der Waals surface area contributed by atoms with Crippen molar-refractivity contribution in [2.24, 2.45) is 0 Å². The van der Waals surface area contributed by atoms with Gasteiger partial charge in [0.1, 0.15) is 0 Å². The Labute approximate surface area is 111 Å². The van der Waals surface area contributed by atoms with E-state index in [1.807, 2.05) is 13.1 Å². The molecule has 1 atom stereocenters. The molecular formula is C12H19N3O2S. The molecule has 1 aliphatic heterocycles. The van der Waals surface area contributed by atoms with Gasteiger partial charge in [0.15, 0.2) is 5.16 Å². The predicted molar refractivity (Wildman–Crippen MR) is 71.1 cm³/mol. The highest BCUT2D eigenvalue weighted by Gasteiger charge is 2.21. The number of carboxylic acids is 1. The van der Waals surface area contributed by atoms with Crippen LogP contribution in [0.25, 0.3) is 0 Å². The highest BCUT2D eigenvalue weighted by Crippen LogP contribution is 2.27. The smallest absolute Gasteiger partial charge is 0.313 e. The van der Waals surface area contributed by atoms with E-state index in [0.29, 0.717) is 6.04 Å². The lowest BCUT2D eigenvalue weighted by atomic mass is 10.1. The maximum atomic E-state index is 10.7. The summed E-state index contributed by atoms with van der Waals surface area (Å²) in [6, 6.07) is 0.418. The van der Waals surface area contributed by atoms with E-state index in [4.69, 9.17) is 5.11 Å². The van der Waals surface area contributed by atoms with Crippen LogP contribution < -0.4 is 0 Å². The second kappa shape index (κ2) is 5.75. The van der Waals surface area contributed by atoms with Gasteiger partial charge in [-0.15, -0.1) is 0 Å². The molecule has 2 rings (SSSR count). The molecule has 1 unspecified atom stereocenters. The van der Waals surface area contributed by atoms with Crippen molar-refractivity contribution in [3.05, 3.63) is 11.9 Å². The number of hydrogen-bond donors (Lipinski definition) is 1. The van der Waals surface area contributed by atoms with E-state index >= 15 is 0 Å². The molecular weight excluding hydrogens is 250 g/mol. The lowest BCUT2D eigenvalue weighted by molar-refractivity contribution is -0.133. The van der Waals surface area contributed by atoms with Crippen LogP contribution in [0.5, 0.6) is 0 Å². The molecule has 1 aromatic heterocycles. The Balaban J connectivity index is 2.13. The Morgan fingerprint density at radius 1 is 1.67 bits per heavy atom. The number of likely N-dealkylation sites (N-methyl/N-ethyl adjacent to an activating group) is 1. The van der Waals surface area contributed by atoms with Crippen LogP contribution in [0.15, 0.2) is 11.4 Å². The van der Waals surface area contributed by atoms with Gasteiger partial charge in [0.25, 0.3) is 0 Å². The second-order valence-electron chi connectivity index (χ2n) is 4.81. The molecule has 0 amide bonds. The molecule has 5 nitrogen and oxygen atoms in total. The molecule has 0 radical (unpaired) electrons. The molecule has 18 heavy (non-hydrogen) atoms. The second-order valence-corrected chi connectivity index (χ2v) is 5.76. The van der Waals surface area contributed by atoms with Gasteiger partial charge < -0.3 is 14.6 Å². The van der Waals surface area contributed by atoms with Crippen molar-refractivity contribution < 1.29 is 9.90 Å². The third-order valence-electron chi connectivity index (χ3n) is 3.14. The molecule has 1 N–H and O–H groups in total. The minimum Gasteiger partial charge on any atom is -0.481 e. The van der Waals surface area contributed by atoms with Crippen molar-refractivity contribution in [1.82, 2.24) is 14.5 Å². The highest BCUT2D eigenvalue weighted by atomic mass is 32.2. The minimum atomic E-state index is -0.798. The fourth-order valence-electron chi connectivity index (χ4n) is 2.35. The largest absolute Gasteiger partial charge is 0.481 e. The van der Waals surface area contributed by atoms with Crippen LogP contribution in [-0.2, 0) is 4.79 Å². The Morgan fingerprint density at radius 2 is 2.44 bits per heavy atom. The van der Waals surface area contributed by atoms with Gasteiger partial charge in [0, 0.05) is 18.8 Å². The number of thioether (sulfide) groups is 1. The Kier molecular flexibility index (Phi) is 4.29. The summed E-state index contributed by atoms with van der Waals surface area (Å²) in [7, 11) is 2.13. The van der Waals surface area contributed by atoms with Crippen molar-refractivity contribution in [3.63, 3.8) is 0 Å². The Hall–Kier alpha value is -1.01. The van der Waals surface area contributed by atoms with Crippen LogP contribution in [-0.4, -0.2) is 51.4 Å². The zero-order valence-corrected chi connectivity index (χ0v) is 11.6. The van der Waals surface area contributed by atoms with Gasteiger partial charge in [0.05, 0.1) is 11.4 Å². The fraction of sp³-hybridized carbons (Fsp3) is 0.667. The first-order valence-electron chi connectivity index (χ1n) is 6.15. The molecule has 1 aliphatic rings. The fourth-order valence-corrected chi connectivity index (χ4v) is 3.17. The average molecular weight is 269 g/mol. The summed E-state index contributed by atoms with van der Waals surface area (Å²) in [4.78, 5) is 17.4. The molecule has 0 saturated carbocycles. The molecule has 2 heterocycles. The number of piperidine rings is 1. The van der Waals surface area contributed by atoms with Crippen molar-refractivity contribution in [1.29, 1.82) is 0 Å². The number of imidazole rings is 1. The van der Waals surface area contributed by atoms with E-state index in [0.717, 1.165) is 30.4 Å². The number of nitrogens with zero attached hydrogens (tertiary/aromatic N) is 3. The third kappa shape index (κ3) is 3.26. The normalized spacial score (nSPS) is 21.1. The number of carboxylic acid groups (broad SMARTS) is 1. The van der Waals surface area contributed by atoms with Crippen LogP contribution >= 0.6 is 11.8 Å². The van der Waals surface area contributed by atoms with Gasteiger partial charge in [-0.25, -0.2) is 4.98 Å². The summed E-state index contributed by atoms with van der Waals surface area (Å²) in [5, 5.41) is 9.59. The quantitative estimate of drug-likeness (QED) is 0.842. The van der Waals surface area contributed by atoms with E-state index in [2.05, 4.69) is 21.5 Å². The number of likely N-dealkylation sites (tertiary alicyclic amines) is 1. The van der Waals surface area contributed by atoms with E-state index in [9.17, 15) is 4.79 Å². The van der Waals surface area contributed by atoms with E-state index in [1.165, 1.54) is 18.2 Å². The molecule has 100 valence electrons. The molecule has 0 spiro atoms. The number of carbonyl (C=O) groups is 1. The molecule has 1 aromatic rings. The molecule has 0 aliphatic carbocycles. The number of aromatic nitrogens is 2. The van der Waals surface area contributed by atoms with Crippen LogP contribution in [0.1, 0.15) is 24.6 Å². The van der Waals surface area contributed by atoms with Gasteiger partial charge in [-0.1, -0.05) is 11.8 Å². The van der Waals surface area contributed by atoms with Gasteiger partial charge in [-0.05, 0) is 33.4 Å². The first-order valence-corrected chi connectivity index (χ1v) is 7.13. The number of aryl methyl sites for hydroxylation is 1. The lowest BCUT2D eigenvalue weighted by Crippen LogP contribution is -2.33. The van der Waals surface area contributed by atoms with Gasteiger partial charge in [-0.3, -0.25) is 4.79 Å². The molecule has 1 saturated heterocycles. The monoisotopic (exact) mass is 269 g/mol. The van der Waals surface area contributed by atoms with Crippen LogP contribution in [0.2, 0.25) is 0 Å². The number of aliphatic carboxylic acids is 1. The Morgan fingerprint density at radius 3 is 3.11 bits per heavy atom. The van der Waals surface area contributed by atoms with E-state index < -0.39 is 5.97 Å². The summed E-state index contributed by atoms with van der Waals surface area (Å²) in [5.41, 5.74) is 0.955. The summed E-state index contributed by atoms with van der Waals surface area (Å²) in [6.07, 6.45) is 4.36. The highest BCUT2D eigenvalue weighted by molar-refractivity contribution is 7.99. The average Bonchev–Trinajstić information content (AvgIpc) is 2.68. The minimum absolute atomic E-state index is 0.0685. The van der Waals surface area contributed by atoms with Crippen LogP contribution in [0, 0.1) is 6.92 Å². The summed E-state index contributed by atoms with van der Waals surface area (Å²) < 4.78 is 2.15. The lowest BCUT2D eigenvalue weighted by Gasteiger charge is -2.31. The van der Waals surface area contributed by atoms with Crippen molar-refractivity contribution in [2.45, 2.75) is 31.0 Å². The van der Waals surface area contributed by atoms with Gasteiger partial charge >= 0.3 is 5.97 Å². The SMILES string of the molecule is Cc1cn(C2CCCN(C)C2)c(SCC(=O)O)n1. The number of rotatable bonds is 4. The predicted octanol–water partition coefficient (Wildman–Crippen LogP) is 1.63. The molecule has 6 heteroatoms. The van der Waals surface area contributed by atoms with Gasteiger partial charge in [-0.2, -0.15) is 0 Å². The van der Waals surface area contributed by atoms with E-state index in [1.54, 1.807) is 0 Å². The third-order valence-corrected chi connectivity index (χ3v) is 4.09. The van der Waals surface area contributed by atoms with Crippen molar-refractivity contribution >= 4 is 17.7 Å². The van der Waals surface area contributed by atoms with Crippen molar-refractivity contribution in [3.8, 4) is 0 Å². The summed E-state index contributed by atoms with van der Waals surface area (Å²) in [5.74, 6) is -0.730. The molecule has 0 bridgehead atoms. The first kappa shape index (κ1) is 13.4. The topological polar surface area (TPSA) is 58.4 Å². The number of hydrogen-bond acceptors (Lipinski definition) is 4. The summed E-state index contributed by atoms with van der Waals surface area (Å²) >= 11 is 1.30. The van der Waals surface area contributed by atoms with E-state index in [-0.39, 0.29) is 5.75 Å². The van der Waals surface area contributed by atoms with Crippen LogP contribution in [0.4, 0.5) is 0 Å². The van der Waals surface area contributed by atoms with Gasteiger partial charge in [0.2, 0.25) is 0 Å². The zero-order valence-electron chi connectivity index (χ0n) is 10.8. The summed E-state index contributed by atoms with van der Waals surface area (Å²) in [6.45, 7) is 4.10. The first-order chi connectivity index (χ1) is 8.56. The maximum Gasteiger partial charge on any atom is 0.313 e. The van der Waals surface area contributed by atoms with Crippen LogP contribution in [0.3, 0.4) is 0 Å². The Bertz CT molecular complexity index is 433. The molecule has 0 aromatic carbocycles. The van der Waals surface area contributed by atoms with Crippen molar-refractivity contribution in [2.75, 3.05) is 25.9 Å². The maximum absolute atomic E-state index is 10.7. The standard InChI is InChI=1S/C12H19N3O2S/c1-9-6-15(10-4-3-5-14(2)7-10)12(13-9)18-8-11(16)17/h6,10H,3-5,7-8H2,1-2H3,(H,16,17).